The number of benzene rings is 1. The first-order chi connectivity index (χ1) is 10.8. The van der Waals surface area contributed by atoms with Crippen molar-refractivity contribution in [1.82, 2.24) is 0 Å². The van der Waals surface area contributed by atoms with Gasteiger partial charge in [-0.2, -0.15) is 11.0 Å². The second-order valence-corrected chi connectivity index (χ2v) is 3.98. The molecule has 0 spiro atoms. The molecule has 0 amide bonds. The van der Waals surface area contributed by atoms with E-state index in [4.69, 9.17) is 11.7 Å². The van der Waals surface area contributed by atoms with E-state index in [1.807, 2.05) is 0 Å². The molecular weight excluding hydrogens is 318 g/mol. The molecule has 1 atom stereocenters. The Balaban J connectivity index is 3.42. The zero-order valence-corrected chi connectivity index (χ0v) is 11.2. The smallest absolute Gasteiger partial charge is 0.351 e. The van der Waals surface area contributed by atoms with E-state index in [0.717, 1.165) is 12.1 Å². The molecule has 0 aromatic heterocycles. The van der Waals surface area contributed by atoms with Gasteiger partial charge in [0, 0.05) is 18.6 Å². The van der Waals surface area contributed by atoms with Crippen LogP contribution >= 0.6 is 0 Å². The van der Waals surface area contributed by atoms with Gasteiger partial charge in [-0.05, 0) is 10.7 Å². The Bertz CT molecular complexity index is 654. The Morgan fingerprint density at radius 1 is 1.26 bits per heavy atom. The van der Waals surface area contributed by atoms with Gasteiger partial charge in [0.05, 0.1) is 9.85 Å². The molecule has 4 N–H and O–H groups in total. The van der Waals surface area contributed by atoms with Crippen LogP contribution in [0.5, 0.6) is 0 Å². The van der Waals surface area contributed by atoms with E-state index in [-0.39, 0.29) is 5.56 Å². The summed E-state index contributed by atoms with van der Waals surface area (Å²) in [4.78, 5) is 45.8. The number of hydrogen-bond acceptors (Lipinski definition) is 11. The van der Waals surface area contributed by atoms with E-state index in [0.29, 0.717) is 0 Å². The first kappa shape index (κ1) is 17.5. The number of nitro groups is 2. The highest BCUT2D eigenvalue weighted by molar-refractivity contribution is 5.77. The topological polar surface area (TPSA) is 219 Å². The number of nitroso groups, excluding NO2 is 1. The summed E-state index contributed by atoms with van der Waals surface area (Å²) in [6.07, 6.45) is -0.391. The third-order valence-corrected chi connectivity index (χ3v) is 2.64. The predicted octanol–water partition coefficient (Wildman–Crippen LogP) is 0.555. The van der Waals surface area contributed by atoms with E-state index >= 15 is 0 Å². The number of nitrogens with zero attached hydrogens (tertiary/aromatic N) is 5. The molecular formula is C9H9N7O7. The first-order valence-electron chi connectivity index (χ1n) is 5.65. The zero-order chi connectivity index (χ0) is 17.6. The molecule has 0 saturated carbocycles. The third kappa shape index (κ3) is 3.97. The molecule has 14 nitrogen and oxygen atoms in total. The molecule has 23 heavy (non-hydrogen) atoms. The number of hydrogen-bond donors (Lipinski definition) is 2. The van der Waals surface area contributed by atoms with Crippen molar-refractivity contribution < 1.29 is 19.5 Å². The van der Waals surface area contributed by atoms with Crippen molar-refractivity contribution in [2.24, 2.45) is 27.3 Å². The SMILES string of the molecule is NN=N[C@@H](Cc1cc([N+](=O)[O-])c(N=O)c([N+](=O)[O-])c1)C(=O)ON. The summed E-state index contributed by atoms with van der Waals surface area (Å²) in [6, 6.07) is 0.304. The Morgan fingerprint density at radius 3 is 2.13 bits per heavy atom. The van der Waals surface area contributed by atoms with Crippen LogP contribution in [0.4, 0.5) is 17.1 Å². The Hall–Kier alpha value is -3.55. The molecule has 0 bridgehead atoms. The van der Waals surface area contributed by atoms with Crippen LogP contribution in [-0.2, 0) is 16.1 Å². The summed E-state index contributed by atoms with van der Waals surface area (Å²) in [5, 5.41) is 30.3. The molecule has 0 saturated heterocycles. The van der Waals surface area contributed by atoms with Crippen molar-refractivity contribution in [3.63, 3.8) is 0 Å². The molecule has 122 valence electrons. The van der Waals surface area contributed by atoms with Gasteiger partial charge in [-0.15, -0.1) is 4.91 Å². The molecule has 14 heteroatoms. The van der Waals surface area contributed by atoms with Gasteiger partial charge in [-0.3, -0.25) is 20.2 Å². The molecule has 0 aliphatic heterocycles. The fourth-order valence-electron chi connectivity index (χ4n) is 1.70. The fraction of sp³-hybridized carbons (Fsp3) is 0.222. The number of carbonyl (C=O) groups is 1. The van der Waals surface area contributed by atoms with Crippen molar-refractivity contribution in [2.45, 2.75) is 12.5 Å². The van der Waals surface area contributed by atoms with Crippen LogP contribution in [-0.4, -0.2) is 21.9 Å². The normalized spacial score (nSPS) is 11.9. The largest absolute Gasteiger partial charge is 0.372 e. The second-order valence-electron chi connectivity index (χ2n) is 3.98. The minimum absolute atomic E-state index is 0.0707. The molecule has 0 aliphatic carbocycles. The minimum Gasteiger partial charge on any atom is -0.372 e. The highest BCUT2D eigenvalue weighted by Crippen LogP contribution is 2.38. The molecule has 0 radical (unpaired) electrons. The highest BCUT2D eigenvalue weighted by atomic mass is 16.7. The molecule has 1 aromatic rings. The summed E-state index contributed by atoms with van der Waals surface area (Å²) in [6.45, 7) is 0. The Kier molecular flexibility index (Phi) is 5.67. The Labute approximate surface area is 126 Å². The van der Waals surface area contributed by atoms with E-state index in [9.17, 15) is 29.9 Å². The van der Waals surface area contributed by atoms with Crippen LogP contribution in [0.15, 0.2) is 27.6 Å². The predicted molar refractivity (Wildman–Crippen MR) is 72.0 cm³/mol. The molecule has 1 aromatic carbocycles. The minimum atomic E-state index is -1.38. The maximum atomic E-state index is 11.4. The van der Waals surface area contributed by atoms with E-state index in [1.165, 1.54) is 0 Å². The van der Waals surface area contributed by atoms with Gasteiger partial charge in [-0.25, -0.2) is 4.79 Å². The van der Waals surface area contributed by atoms with Crippen molar-refractivity contribution in [3.8, 4) is 0 Å². The van der Waals surface area contributed by atoms with Gasteiger partial charge in [0.15, 0.2) is 6.04 Å². The average Bonchev–Trinajstić information content (AvgIpc) is 2.52. The van der Waals surface area contributed by atoms with Crippen molar-refractivity contribution in [1.29, 1.82) is 0 Å². The number of rotatable bonds is 7. The molecule has 1 rings (SSSR count). The second kappa shape index (κ2) is 7.46. The van der Waals surface area contributed by atoms with Crippen LogP contribution in [0.1, 0.15) is 5.56 Å². The van der Waals surface area contributed by atoms with E-state index < -0.39 is 45.3 Å². The number of nitro benzene ring substituents is 2. The molecule has 0 heterocycles. The first-order valence-corrected chi connectivity index (χ1v) is 5.65. The lowest BCUT2D eigenvalue weighted by Gasteiger charge is -2.08. The summed E-state index contributed by atoms with van der Waals surface area (Å²) >= 11 is 0. The quantitative estimate of drug-likeness (QED) is 0.234. The summed E-state index contributed by atoms with van der Waals surface area (Å²) in [7, 11) is 0. The molecule has 0 unspecified atom stereocenters. The molecule has 0 fully saturated rings. The van der Waals surface area contributed by atoms with Gasteiger partial charge in [0.1, 0.15) is 0 Å². The third-order valence-electron chi connectivity index (χ3n) is 2.64. The van der Waals surface area contributed by atoms with Crippen molar-refractivity contribution >= 4 is 23.0 Å². The molecule has 0 aliphatic rings. The average molecular weight is 327 g/mol. The monoisotopic (exact) mass is 327 g/mol. The van der Waals surface area contributed by atoms with Gasteiger partial charge in [0.25, 0.3) is 5.69 Å². The zero-order valence-electron chi connectivity index (χ0n) is 11.2. The summed E-state index contributed by atoms with van der Waals surface area (Å²) < 4.78 is 0. The van der Waals surface area contributed by atoms with Gasteiger partial charge >= 0.3 is 17.3 Å². The maximum Gasteiger partial charge on any atom is 0.351 e. The summed E-state index contributed by atoms with van der Waals surface area (Å²) in [5.41, 5.74) is -2.80. The van der Waals surface area contributed by atoms with E-state index in [1.54, 1.807) is 0 Å². The van der Waals surface area contributed by atoms with Crippen LogP contribution in [0.25, 0.3) is 0 Å². The van der Waals surface area contributed by atoms with Crippen LogP contribution < -0.4 is 11.7 Å². The van der Waals surface area contributed by atoms with Gasteiger partial charge < -0.3 is 10.7 Å². The highest BCUT2D eigenvalue weighted by Gasteiger charge is 2.30. The van der Waals surface area contributed by atoms with Crippen molar-refractivity contribution in [2.75, 3.05) is 0 Å². The summed E-state index contributed by atoms with van der Waals surface area (Å²) in [5.74, 6) is 8.44. The standard InChI is InChI=1S/C9H9N7O7/c10-14-12-5(9(17)23-11)1-4-2-6(15(19)20)8(13-18)7(3-4)16(21)22/h2-3,5H,1,11H2,(H2,10,12)/t5-/m0/s1. The van der Waals surface area contributed by atoms with Crippen molar-refractivity contribution in [3.05, 3.63) is 42.8 Å². The van der Waals surface area contributed by atoms with Gasteiger partial charge in [0.2, 0.25) is 0 Å². The Morgan fingerprint density at radius 2 is 1.78 bits per heavy atom. The lowest BCUT2D eigenvalue weighted by molar-refractivity contribution is -0.392. The van der Waals surface area contributed by atoms with Crippen LogP contribution in [0, 0.1) is 25.1 Å². The number of nitrogens with two attached hydrogens (primary N) is 2. The lowest BCUT2D eigenvalue weighted by Crippen LogP contribution is -2.26. The van der Waals surface area contributed by atoms with Crippen LogP contribution in [0.3, 0.4) is 0 Å². The maximum absolute atomic E-state index is 11.4. The van der Waals surface area contributed by atoms with E-state index in [2.05, 4.69) is 20.4 Å². The number of carbonyl (C=O) groups excluding carboxylic acids is 1. The lowest BCUT2D eigenvalue weighted by atomic mass is 10.0. The fourth-order valence-corrected chi connectivity index (χ4v) is 1.70. The van der Waals surface area contributed by atoms with Crippen LogP contribution in [0.2, 0.25) is 0 Å². The van der Waals surface area contributed by atoms with Gasteiger partial charge in [-0.1, -0.05) is 5.22 Å².